The summed E-state index contributed by atoms with van der Waals surface area (Å²) in [4.78, 5) is 50.0. The highest BCUT2D eigenvalue weighted by molar-refractivity contribution is 7.16. The molecule has 0 spiro atoms. The molecule has 8 nitrogen and oxygen atoms in total. The van der Waals surface area contributed by atoms with Crippen LogP contribution >= 0.6 is 11.3 Å². The molecule has 0 saturated heterocycles. The van der Waals surface area contributed by atoms with E-state index < -0.39 is 29.9 Å². The number of hydrogen-bond acceptors (Lipinski definition) is 6. The van der Waals surface area contributed by atoms with Crippen LogP contribution in [0.4, 0.5) is 15.5 Å². The number of rotatable bonds is 5. The molecule has 1 aromatic carbocycles. The molecule has 172 valence electrons. The van der Waals surface area contributed by atoms with Gasteiger partial charge >= 0.3 is 12.0 Å². The van der Waals surface area contributed by atoms with Crippen molar-refractivity contribution in [3.8, 4) is 0 Å². The Morgan fingerprint density at radius 1 is 0.969 bits per heavy atom. The van der Waals surface area contributed by atoms with Crippen molar-refractivity contribution in [2.24, 2.45) is 5.41 Å². The van der Waals surface area contributed by atoms with Crippen LogP contribution in [0.5, 0.6) is 0 Å². The first kappa shape index (κ1) is 25.1. The molecule has 0 unspecified atom stereocenters. The second kappa shape index (κ2) is 9.95. The van der Waals surface area contributed by atoms with Crippen LogP contribution in [0.1, 0.15) is 52.7 Å². The van der Waals surface area contributed by atoms with Gasteiger partial charge in [-0.15, -0.1) is 11.3 Å². The summed E-state index contributed by atoms with van der Waals surface area (Å²) in [5, 5.41) is 7.87. The third-order valence-electron chi connectivity index (χ3n) is 4.94. The van der Waals surface area contributed by atoms with Crippen molar-refractivity contribution in [2.75, 3.05) is 17.2 Å². The van der Waals surface area contributed by atoms with Gasteiger partial charge in [0.2, 0.25) is 5.91 Å². The number of ether oxygens (including phenoxy) is 1. The Labute approximate surface area is 191 Å². The molecule has 1 heterocycles. The summed E-state index contributed by atoms with van der Waals surface area (Å²) in [5.74, 6) is -1.76. The van der Waals surface area contributed by atoms with E-state index in [1.807, 2.05) is 26.8 Å². The molecule has 0 fully saturated rings. The number of hydrogen-bond donors (Lipinski definition) is 3. The van der Waals surface area contributed by atoms with E-state index in [1.165, 1.54) is 11.3 Å². The van der Waals surface area contributed by atoms with Crippen molar-refractivity contribution in [1.82, 2.24) is 5.32 Å². The van der Waals surface area contributed by atoms with Crippen LogP contribution in [0.2, 0.25) is 0 Å². The van der Waals surface area contributed by atoms with Crippen LogP contribution in [-0.2, 0) is 14.3 Å². The van der Waals surface area contributed by atoms with Gasteiger partial charge in [0.1, 0.15) is 5.00 Å². The van der Waals surface area contributed by atoms with Crippen molar-refractivity contribution in [3.63, 3.8) is 0 Å². The average molecular weight is 460 g/mol. The van der Waals surface area contributed by atoms with Gasteiger partial charge in [0.05, 0.1) is 5.56 Å². The largest absolute Gasteiger partial charge is 0.452 e. The second-order valence-corrected chi connectivity index (χ2v) is 9.74. The molecule has 0 atom stereocenters. The molecule has 3 N–H and O–H groups in total. The Kier molecular flexibility index (Phi) is 7.79. The summed E-state index contributed by atoms with van der Waals surface area (Å²) in [5.41, 5.74) is 2.69. The number of thiophene rings is 1. The third kappa shape index (κ3) is 6.16. The minimum Gasteiger partial charge on any atom is -0.452 e. The molecule has 4 amide bonds. The Bertz CT molecular complexity index is 1070. The first-order valence-electron chi connectivity index (χ1n) is 10.1. The predicted molar refractivity (Wildman–Crippen MR) is 125 cm³/mol. The first-order valence-corrected chi connectivity index (χ1v) is 10.9. The number of benzene rings is 1. The number of aryl methyl sites for hydroxylation is 2. The molecule has 2 rings (SSSR count). The standard InChI is InChI=1S/C23H29N3O5S/c1-12-9-8-10-16(13(12)2)24-22(30)25-17(27)11-31-20(28)18-14(3)15(4)32-19(18)26-21(29)23(5,6)7/h8-10H,11H2,1-7H3,(H,26,29)(H2,24,25,27,30). The van der Waals surface area contributed by atoms with Crippen molar-refractivity contribution < 1.29 is 23.9 Å². The lowest BCUT2D eigenvalue weighted by atomic mass is 9.96. The number of imide groups is 1. The van der Waals surface area contributed by atoms with E-state index >= 15 is 0 Å². The Hall–Kier alpha value is -3.20. The zero-order valence-corrected chi connectivity index (χ0v) is 20.2. The molecular weight excluding hydrogens is 430 g/mol. The lowest BCUT2D eigenvalue weighted by Crippen LogP contribution is -2.37. The van der Waals surface area contributed by atoms with Gasteiger partial charge in [-0.25, -0.2) is 9.59 Å². The van der Waals surface area contributed by atoms with Gasteiger partial charge in [-0.3, -0.25) is 14.9 Å². The van der Waals surface area contributed by atoms with Crippen molar-refractivity contribution in [1.29, 1.82) is 0 Å². The monoisotopic (exact) mass is 459 g/mol. The number of amides is 4. The quantitative estimate of drug-likeness (QED) is 0.571. The second-order valence-electron chi connectivity index (χ2n) is 8.52. The van der Waals surface area contributed by atoms with E-state index in [2.05, 4.69) is 16.0 Å². The van der Waals surface area contributed by atoms with Gasteiger partial charge in [-0.1, -0.05) is 32.9 Å². The highest BCUT2D eigenvalue weighted by Crippen LogP contribution is 2.34. The summed E-state index contributed by atoms with van der Waals surface area (Å²) >= 11 is 1.26. The van der Waals surface area contributed by atoms with Crippen LogP contribution in [0.15, 0.2) is 18.2 Å². The summed E-state index contributed by atoms with van der Waals surface area (Å²) < 4.78 is 5.11. The van der Waals surface area contributed by atoms with E-state index in [0.717, 1.165) is 16.0 Å². The fraction of sp³-hybridized carbons (Fsp3) is 0.391. The molecule has 0 aliphatic carbocycles. The van der Waals surface area contributed by atoms with Crippen LogP contribution < -0.4 is 16.0 Å². The van der Waals surface area contributed by atoms with Crippen molar-refractivity contribution in [3.05, 3.63) is 45.3 Å². The molecule has 0 aliphatic rings. The molecule has 0 saturated carbocycles. The number of urea groups is 1. The van der Waals surface area contributed by atoms with Crippen molar-refractivity contribution >= 4 is 45.8 Å². The molecule has 0 bridgehead atoms. The summed E-state index contributed by atoms with van der Waals surface area (Å²) in [6.45, 7) is 12.0. The van der Waals surface area contributed by atoms with Crippen LogP contribution in [0.3, 0.4) is 0 Å². The number of carbonyl (C=O) groups is 4. The smallest absolute Gasteiger partial charge is 0.341 e. The number of anilines is 2. The van der Waals surface area contributed by atoms with Crippen molar-refractivity contribution in [2.45, 2.75) is 48.5 Å². The zero-order chi connectivity index (χ0) is 24.2. The first-order chi connectivity index (χ1) is 14.8. The SMILES string of the molecule is Cc1cccc(NC(=O)NC(=O)COC(=O)c2c(NC(=O)C(C)(C)C)sc(C)c2C)c1C. The highest BCUT2D eigenvalue weighted by Gasteiger charge is 2.27. The number of esters is 1. The third-order valence-corrected chi connectivity index (χ3v) is 6.06. The average Bonchev–Trinajstić information content (AvgIpc) is 2.96. The molecule has 0 radical (unpaired) electrons. The maximum absolute atomic E-state index is 12.6. The minimum absolute atomic E-state index is 0.206. The van der Waals surface area contributed by atoms with Crippen LogP contribution in [0, 0.1) is 33.1 Å². The minimum atomic E-state index is -0.772. The van der Waals surface area contributed by atoms with E-state index in [0.29, 0.717) is 16.3 Å². The van der Waals surface area contributed by atoms with Gasteiger partial charge in [0, 0.05) is 16.0 Å². The molecule has 9 heteroatoms. The fourth-order valence-corrected chi connectivity index (χ4v) is 3.70. The topological polar surface area (TPSA) is 114 Å². The van der Waals surface area contributed by atoms with E-state index in [9.17, 15) is 19.2 Å². The zero-order valence-electron chi connectivity index (χ0n) is 19.4. The summed E-state index contributed by atoms with van der Waals surface area (Å²) in [6, 6.07) is 4.71. The Morgan fingerprint density at radius 2 is 1.62 bits per heavy atom. The summed E-state index contributed by atoms with van der Waals surface area (Å²) in [7, 11) is 0. The van der Waals surface area contributed by atoms with Gasteiger partial charge in [0.25, 0.3) is 5.91 Å². The number of carbonyl (C=O) groups excluding carboxylic acids is 4. The van der Waals surface area contributed by atoms with Gasteiger partial charge in [-0.2, -0.15) is 0 Å². The van der Waals surface area contributed by atoms with Crippen LogP contribution in [-0.4, -0.2) is 30.4 Å². The van der Waals surface area contributed by atoms with Gasteiger partial charge in [0.15, 0.2) is 6.61 Å². The molecule has 32 heavy (non-hydrogen) atoms. The van der Waals surface area contributed by atoms with Gasteiger partial charge in [-0.05, 0) is 50.5 Å². The Balaban J connectivity index is 2.00. The normalized spacial score (nSPS) is 11.0. The number of nitrogens with one attached hydrogen (secondary N) is 3. The van der Waals surface area contributed by atoms with E-state index in [1.54, 1.807) is 39.8 Å². The lowest BCUT2D eigenvalue weighted by molar-refractivity contribution is -0.123. The molecule has 2 aromatic rings. The molecule has 1 aromatic heterocycles. The molecule has 0 aliphatic heterocycles. The van der Waals surface area contributed by atoms with Gasteiger partial charge < -0.3 is 15.4 Å². The Morgan fingerprint density at radius 3 is 2.25 bits per heavy atom. The van der Waals surface area contributed by atoms with Crippen LogP contribution in [0.25, 0.3) is 0 Å². The van der Waals surface area contributed by atoms with E-state index in [4.69, 9.17) is 4.74 Å². The lowest BCUT2D eigenvalue weighted by Gasteiger charge is -2.17. The predicted octanol–water partition coefficient (Wildman–Crippen LogP) is 4.47. The van der Waals surface area contributed by atoms with E-state index in [-0.39, 0.29) is 11.5 Å². The maximum Gasteiger partial charge on any atom is 0.341 e. The highest BCUT2D eigenvalue weighted by atomic mass is 32.1. The maximum atomic E-state index is 12.6. The molecular formula is C23H29N3O5S. The fourth-order valence-electron chi connectivity index (χ4n) is 2.66. The summed E-state index contributed by atoms with van der Waals surface area (Å²) in [6.07, 6.45) is 0.